The molecule has 0 aromatic heterocycles. The predicted octanol–water partition coefficient (Wildman–Crippen LogP) is 1.61. The summed E-state index contributed by atoms with van der Waals surface area (Å²) in [4.78, 5) is 16.6. The van der Waals surface area contributed by atoms with E-state index in [0.29, 0.717) is 6.61 Å². The van der Waals surface area contributed by atoms with E-state index >= 15 is 0 Å². The summed E-state index contributed by atoms with van der Waals surface area (Å²) in [6.45, 7) is 4.27. The fourth-order valence-electron chi connectivity index (χ4n) is 2.34. The van der Waals surface area contributed by atoms with Crippen LogP contribution < -0.4 is 0 Å². The SMILES string of the molecule is COCc1ccc(C(=O)N2CCCN(C)CC2)cc1. The molecule has 0 unspecified atom stereocenters. The van der Waals surface area contributed by atoms with Crippen LogP contribution in [0.1, 0.15) is 22.3 Å². The number of carbonyl (C=O) groups is 1. The van der Waals surface area contributed by atoms with Gasteiger partial charge in [0, 0.05) is 32.3 Å². The molecule has 0 atom stereocenters. The van der Waals surface area contributed by atoms with E-state index in [0.717, 1.165) is 43.7 Å². The van der Waals surface area contributed by atoms with Gasteiger partial charge in [0.2, 0.25) is 0 Å². The Morgan fingerprint density at radius 1 is 1.16 bits per heavy atom. The number of hydrogen-bond acceptors (Lipinski definition) is 3. The van der Waals surface area contributed by atoms with E-state index in [1.165, 1.54) is 0 Å². The lowest BCUT2D eigenvalue weighted by Gasteiger charge is -2.20. The lowest BCUT2D eigenvalue weighted by atomic mass is 10.1. The predicted molar refractivity (Wildman–Crippen MR) is 75.2 cm³/mol. The van der Waals surface area contributed by atoms with Gasteiger partial charge in [0.1, 0.15) is 0 Å². The van der Waals surface area contributed by atoms with Crippen molar-refractivity contribution in [1.82, 2.24) is 9.80 Å². The van der Waals surface area contributed by atoms with Crippen LogP contribution in [0.2, 0.25) is 0 Å². The van der Waals surface area contributed by atoms with Gasteiger partial charge in [0.15, 0.2) is 0 Å². The molecule has 4 nitrogen and oxygen atoms in total. The minimum absolute atomic E-state index is 0.138. The second kappa shape index (κ2) is 6.68. The molecule has 1 aliphatic rings. The minimum atomic E-state index is 0.138. The Balaban J connectivity index is 2.02. The molecule has 1 saturated heterocycles. The first-order chi connectivity index (χ1) is 9.20. The smallest absolute Gasteiger partial charge is 0.253 e. The summed E-state index contributed by atoms with van der Waals surface area (Å²) in [5, 5.41) is 0. The summed E-state index contributed by atoms with van der Waals surface area (Å²) in [7, 11) is 3.78. The number of amides is 1. The maximum absolute atomic E-state index is 12.4. The topological polar surface area (TPSA) is 32.8 Å². The fourth-order valence-corrected chi connectivity index (χ4v) is 2.34. The monoisotopic (exact) mass is 262 g/mol. The molecule has 1 aromatic carbocycles. The highest BCUT2D eigenvalue weighted by Gasteiger charge is 2.18. The number of methoxy groups -OCH3 is 1. The standard InChI is InChI=1S/C15H22N2O2/c1-16-8-3-9-17(11-10-16)15(18)14-6-4-13(5-7-14)12-19-2/h4-7H,3,8-12H2,1-2H3. The van der Waals surface area contributed by atoms with Crippen molar-refractivity contribution in [1.29, 1.82) is 0 Å². The van der Waals surface area contributed by atoms with Crippen molar-refractivity contribution in [2.45, 2.75) is 13.0 Å². The van der Waals surface area contributed by atoms with E-state index in [9.17, 15) is 4.79 Å². The molecule has 2 rings (SSSR count). The minimum Gasteiger partial charge on any atom is -0.380 e. The second-order valence-corrected chi connectivity index (χ2v) is 5.08. The number of hydrogen-bond donors (Lipinski definition) is 0. The van der Waals surface area contributed by atoms with Gasteiger partial charge in [-0.2, -0.15) is 0 Å². The lowest BCUT2D eigenvalue weighted by Crippen LogP contribution is -2.34. The van der Waals surface area contributed by atoms with Gasteiger partial charge >= 0.3 is 0 Å². The number of ether oxygens (including phenoxy) is 1. The Kier molecular flexibility index (Phi) is 4.93. The van der Waals surface area contributed by atoms with Gasteiger partial charge in [-0.3, -0.25) is 4.79 Å². The van der Waals surface area contributed by atoms with E-state index in [2.05, 4.69) is 11.9 Å². The van der Waals surface area contributed by atoms with Crippen LogP contribution in [0.15, 0.2) is 24.3 Å². The van der Waals surface area contributed by atoms with Crippen LogP contribution in [-0.4, -0.2) is 56.0 Å². The maximum atomic E-state index is 12.4. The fraction of sp³-hybridized carbons (Fsp3) is 0.533. The third kappa shape index (κ3) is 3.78. The number of rotatable bonds is 3. The molecule has 19 heavy (non-hydrogen) atoms. The van der Waals surface area contributed by atoms with Crippen LogP contribution in [0.5, 0.6) is 0 Å². The van der Waals surface area contributed by atoms with Crippen molar-refractivity contribution in [3.8, 4) is 0 Å². The molecule has 0 N–H and O–H groups in total. The highest BCUT2D eigenvalue weighted by molar-refractivity contribution is 5.94. The summed E-state index contributed by atoms with van der Waals surface area (Å²) in [6, 6.07) is 7.71. The van der Waals surface area contributed by atoms with Crippen molar-refractivity contribution in [3.05, 3.63) is 35.4 Å². The highest BCUT2D eigenvalue weighted by atomic mass is 16.5. The van der Waals surface area contributed by atoms with Gasteiger partial charge in [-0.05, 0) is 37.7 Å². The van der Waals surface area contributed by atoms with Crippen molar-refractivity contribution >= 4 is 5.91 Å². The zero-order valence-corrected chi connectivity index (χ0v) is 11.8. The van der Waals surface area contributed by atoms with Gasteiger partial charge in [0.05, 0.1) is 6.61 Å². The first-order valence-corrected chi connectivity index (χ1v) is 6.76. The molecule has 4 heteroatoms. The molecule has 104 valence electrons. The number of carbonyl (C=O) groups excluding carboxylic acids is 1. The number of nitrogens with zero attached hydrogens (tertiary/aromatic N) is 2. The van der Waals surface area contributed by atoms with E-state index in [4.69, 9.17) is 4.74 Å². The third-order valence-corrected chi connectivity index (χ3v) is 3.52. The largest absolute Gasteiger partial charge is 0.380 e. The normalized spacial score (nSPS) is 17.3. The molecular weight excluding hydrogens is 240 g/mol. The number of likely N-dealkylation sites (N-methyl/N-ethyl adjacent to an activating group) is 1. The van der Waals surface area contributed by atoms with Gasteiger partial charge in [-0.1, -0.05) is 12.1 Å². The van der Waals surface area contributed by atoms with Gasteiger partial charge in [-0.25, -0.2) is 0 Å². The molecule has 1 aliphatic heterocycles. The van der Waals surface area contributed by atoms with E-state index in [-0.39, 0.29) is 5.91 Å². The van der Waals surface area contributed by atoms with Crippen molar-refractivity contribution in [3.63, 3.8) is 0 Å². The molecule has 1 heterocycles. The Morgan fingerprint density at radius 3 is 2.58 bits per heavy atom. The molecule has 0 radical (unpaired) electrons. The van der Waals surface area contributed by atoms with Crippen molar-refractivity contribution < 1.29 is 9.53 Å². The zero-order valence-electron chi connectivity index (χ0n) is 11.8. The molecule has 0 saturated carbocycles. The average Bonchev–Trinajstić information content (AvgIpc) is 2.64. The molecule has 0 bridgehead atoms. The van der Waals surface area contributed by atoms with E-state index in [1.54, 1.807) is 7.11 Å². The van der Waals surface area contributed by atoms with Gasteiger partial charge in [-0.15, -0.1) is 0 Å². The summed E-state index contributed by atoms with van der Waals surface area (Å²) in [5.74, 6) is 0.138. The first-order valence-electron chi connectivity index (χ1n) is 6.76. The second-order valence-electron chi connectivity index (χ2n) is 5.08. The highest BCUT2D eigenvalue weighted by Crippen LogP contribution is 2.10. The van der Waals surface area contributed by atoms with Crippen molar-refractivity contribution in [2.75, 3.05) is 40.3 Å². The van der Waals surface area contributed by atoms with Crippen LogP contribution in [-0.2, 0) is 11.3 Å². The Bertz CT molecular complexity index is 417. The first kappa shape index (κ1) is 14.0. The molecule has 1 amide bonds. The molecule has 1 aromatic rings. The molecular formula is C15H22N2O2. The van der Waals surface area contributed by atoms with E-state index in [1.807, 2.05) is 29.2 Å². The van der Waals surface area contributed by atoms with Gasteiger partial charge < -0.3 is 14.5 Å². The van der Waals surface area contributed by atoms with Crippen LogP contribution in [0, 0.1) is 0 Å². The van der Waals surface area contributed by atoms with Crippen molar-refractivity contribution in [2.24, 2.45) is 0 Å². The maximum Gasteiger partial charge on any atom is 0.253 e. The van der Waals surface area contributed by atoms with Gasteiger partial charge in [0.25, 0.3) is 5.91 Å². The summed E-state index contributed by atoms with van der Waals surface area (Å²) in [6.07, 6.45) is 1.05. The Hall–Kier alpha value is -1.39. The van der Waals surface area contributed by atoms with Crippen LogP contribution in [0.4, 0.5) is 0 Å². The summed E-state index contributed by atoms with van der Waals surface area (Å²) >= 11 is 0. The third-order valence-electron chi connectivity index (χ3n) is 3.52. The Labute approximate surface area is 115 Å². The summed E-state index contributed by atoms with van der Waals surface area (Å²) < 4.78 is 5.07. The molecule has 1 fully saturated rings. The summed E-state index contributed by atoms with van der Waals surface area (Å²) in [5.41, 5.74) is 1.86. The Morgan fingerprint density at radius 2 is 1.89 bits per heavy atom. The molecule has 0 spiro atoms. The average molecular weight is 262 g/mol. The van der Waals surface area contributed by atoms with Crippen LogP contribution >= 0.6 is 0 Å². The van der Waals surface area contributed by atoms with E-state index < -0.39 is 0 Å². The quantitative estimate of drug-likeness (QED) is 0.829. The zero-order chi connectivity index (χ0) is 13.7. The lowest BCUT2D eigenvalue weighted by molar-refractivity contribution is 0.0762. The van der Waals surface area contributed by atoms with Crippen LogP contribution in [0.3, 0.4) is 0 Å². The number of benzene rings is 1. The van der Waals surface area contributed by atoms with Crippen LogP contribution in [0.25, 0.3) is 0 Å². The molecule has 0 aliphatic carbocycles.